The molecule has 0 aliphatic heterocycles. The van der Waals surface area contributed by atoms with Crippen molar-refractivity contribution in [3.05, 3.63) is 118 Å². The highest BCUT2D eigenvalue weighted by Gasteiger charge is 2.30. The summed E-state index contributed by atoms with van der Waals surface area (Å²) in [5.74, 6) is 0.339. The molecule has 1 atom stereocenters. The Morgan fingerprint density at radius 3 is 1.51 bits per heavy atom. The average molecular weight is 723 g/mol. The van der Waals surface area contributed by atoms with Gasteiger partial charge in [0.15, 0.2) is 0 Å². The van der Waals surface area contributed by atoms with Gasteiger partial charge in [0, 0.05) is 10.8 Å². The zero-order chi connectivity index (χ0) is 39.1. The van der Waals surface area contributed by atoms with Crippen LogP contribution in [0, 0.1) is 5.92 Å². The van der Waals surface area contributed by atoms with E-state index in [2.05, 4.69) is 34.6 Å². The zero-order valence-corrected chi connectivity index (χ0v) is 33.0. The van der Waals surface area contributed by atoms with Gasteiger partial charge in [0.2, 0.25) is 0 Å². The van der Waals surface area contributed by atoms with Gasteiger partial charge in [0.1, 0.15) is 39.7 Å². The number of carbonyl (C=O) groups excluding carboxylic acids is 3. The van der Waals surface area contributed by atoms with Gasteiger partial charge in [-0.15, -0.1) is 0 Å². The highest BCUT2D eigenvalue weighted by Crippen LogP contribution is 2.38. The van der Waals surface area contributed by atoms with Gasteiger partial charge in [-0.2, -0.15) is 0 Å². The summed E-state index contributed by atoms with van der Waals surface area (Å²) in [5.41, 5.74) is 2.93. The van der Waals surface area contributed by atoms with Crippen molar-refractivity contribution in [2.45, 2.75) is 98.0 Å². The molecule has 0 saturated carbocycles. The molecule has 0 radical (unpaired) electrons. The van der Waals surface area contributed by atoms with Gasteiger partial charge in [-0.1, -0.05) is 91.3 Å². The summed E-state index contributed by atoms with van der Waals surface area (Å²) < 4.78 is 28.2. The molecule has 53 heavy (non-hydrogen) atoms. The molecule has 4 aromatic carbocycles. The number of carbonyl (C=O) groups is 3. The van der Waals surface area contributed by atoms with Crippen LogP contribution in [0.5, 0.6) is 23.0 Å². The van der Waals surface area contributed by atoms with Crippen LogP contribution in [0.15, 0.2) is 84.9 Å². The second-order valence-electron chi connectivity index (χ2n) is 15.1. The lowest BCUT2D eigenvalue weighted by molar-refractivity contribution is -0.138. The molecule has 0 spiro atoms. The van der Waals surface area contributed by atoms with Gasteiger partial charge in [0.25, 0.3) is 0 Å². The highest BCUT2D eigenvalue weighted by molar-refractivity contribution is 5.94. The van der Waals surface area contributed by atoms with Crippen LogP contribution in [-0.4, -0.2) is 37.7 Å². The van der Waals surface area contributed by atoms with E-state index in [-0.39, 0.29) is 17.2 Å². The van der Waals surface area contributed by atoms with Crippen molar-refractivity contribution in [3.63, 3.8) is 0 Å². The van der Waals surface area contributed by atoms with Crippen LogP contribution in [0.1, 0.15) is 125 Å². The highest BCUT2D eigenvalue weighted by atomic mass is 16.6. The first-order valence-electron chi connectivity index (χ1n) is 18.2. The maximum absolute atomic E-state index is 13.3. The maximum atomic E-state index is 13.3. The number of hydrogen-bond donors (Lipinski definition) is 0. The summed E-state index contributed by atoms with van der Waals surface area (Å²) in [4.78, 5) is 38.5. The fourth-order valence-corrected chi connectivity index (χ4v) is 6.22. The summed E-state index contributed by atoms with van der Waals surface area (Å²) in [5, 5.41) is 0. The summed E-state index contributed by atoms with van der Waals surface area (Å²) in [6.45, 7) is 18.0. The van der Waals surface area contributed by atoms with Crippen LogP contribution in [-0.2, 0) is 25.1 Å². The molecule has 282 valence electrons. The number of methoxy groups -OCH3 is 2. The molecule has 4 rings (SSSR count). The largest absolute Gasteiger partial charge is 0.496 e. The predicted octanol–water partition coefficient (Wildman–Crippen LogP) is 10.6. The molecule has 8 nitrogen and oxygen atoms in total. The SMILES string of the molecule is CCCC(C)(C)OC(=O)c1cc(C(C)(C)c2ccc(Oc3ccc(C(C)(C)c4ccc(OC(=O)C(C)CC)c(C(=O)OC)c4)cc3)cc2)ccc1OC. The Labute approximate surface area is 314 Å². The summed E-state index contributed by atoms with van der Waals surface area (Å²) in [6.07, 6.45) is 2.30. The number of rotatable bonds is 15. The van der Waals surface area contributed by atoms with Gasteiger partial charge in [0.05, 0.1) is 20.1 Å². The van der Waals surface area contributed by atoms with E-state index in [1.165, 1.54) is 7.11 Å². The zero-order valence-electron chi connectivity index (χ0n) is 33.0. The molecule has 0 amide bonds. The Kier molecular flexibility index (Phi) is 12.8. The Bertz CT molecular complexity index is 1900. The monoisotopic (exact) mass is 722 g/mol. The van der Waals surface area contributed by atoms with E-state index >= 15 is 0 Å². The molecular formula is C45H54O8. The van der Waals surface area contributed by atoms with Crippen LogP contribution >= 0.6 is 0 Å². The van der Waals surface area contributed by atoms with E-state index in [4.69, 9.17) is 23.7 Å². The Morgan fingerprint density at radius 1 is 0.623 bits per heavy atom. The third-order valence-electron chi connectivity index (χ3n) is 10.1. The van der Waals surface area contributed by atoms with E-state index in [0.29, 0.717) is 29.2 Å². The Morgan fingerprint density at radius 2 is 1.08 bits per heavy atom. The molecule has 1 unspecified atom stereocenters. The van der Waals surface area contributed by atoms with Gasteiger partial charge in [-0.05, 0) is 97.5 Å². The number of ether oxygens (including phenoxy) is 5. The second kappa shape index (κ2) is 16.7. The molecule has 0 fully saturated rings. The number of hydrogen-bond acceptors (Lipinski definition) is 8. The van der Waals surface area contributed by atoms with Crippen molar-refractivity contribution in [1.29, 1.82) is 0 Å². The normalized spacial score (nSPS) is 12.4. The first-order valence-corrected chi connectivity index (χ1v) is 18.2. The maximum Gasteiger partial charge on any atom is 0.342 e. The standard InChI is InChI=1S/C45H54O8/c1-12-26-43(4,5)53-42(48)36-27-32(18-24-38(36)49-10)44(6,7)30-14-20-34(21-15-30)51-35-22-16-31(17-23-35)45(8,9)33-19-25-39(37(28-33)41(47)50-11)52-40(46)29(3)13-2/h14-25,27-29H,12-13,26H2,1-11H3. The smallest absolute Gasteiger partial charge is 0.342 e. The molecule has 4 aromatic rings. The van der Waals surface area contributed by atoms with Crippen LogP contribution in [0.3, 0.4) is 0 Å². The molecule has 0 aromatic heterocycles. The fraction of sp³-hybridized carbons (Fsp3) is 0.400. The lowest BCUT2D eigenvalue weighted by atomic mass is 9.77. The summed E-state index contributed by atoms with van der Waals surface area (Å²) >= 11 is 0. The Balaban J connectivity index is 1.51. The van der Waals surface area contributed by atoms with E-state index in [1.54, 1.807) is 26.2 Å². The third kappa shape index (κ3) is 9.47. The third-order valence-corrected chi connectivity index (χ3v) is 10.1. The van der Waals surface area contributed by atoms with Crippen LogP contribution in [0.25, 0.3) is 0 Å². The molecular weight excluding hydrogens is 668 g/mol. The minimum Gasteiger partial charge on any atom is -0.496 e. The van der Waals surface area contributed by atoms with Crippen molar-refractivity contribution < 1.29 is 38.1 Å². The molecule has 8 heteroatoms. The van der Waals surface area contributed by atoms with Crippen molar-refractivity contribution in [2.24, 2.45) is 5.92 Å². The van der Waals surface area contributed by atoms with Gasteiger partial charge < -0.3 is 23.7 Å². The van der Waals surface area contributed by atoms with Crippen molar-refractivity contribution in [2.75, 3.05) is 14.2 Å². The minimum atomic E-state index is -0.581. The van der Waals surface area contributed by atoms with Crippen molar-refractivity contribution >= 4 is 17.9 Å². The number of esters is 3. The second-order valence-corrected chi connectivity index (χ2v) is 15.1. The van der Waals surface area contributed by atoms with E-state index in [1.807, 2.05) is 93.6 Å². The molecule has 0 bridgehead atoms. The predicted molar refractivity (Wildman–Crippen MR) is 207 cm³/mol. The minimum absolute atomic E-state index is 0.181. The summed E-state index contributed by atoms with van der Waals surface area (Å²) in [6, 6.07) is 26.7. The van der Waals surface area contributed by atoms with E-state index in [0.717, 1.165) is 35.1 Å². The lowest BCUT2D eigenvalue weighted by Gasteiger charge is -2.28. The van der Waals surface area contributed by atoms with E-state index < -0.39 is 34.3 Å². The topological polar surface area (TPSA) is 97.4 Å². The van der Waals surface area contributed by atoms with Crippen molar-refractivity contribution in [1.82, 2.24) is 0 Å². The van der Waals surface area contributed by atoms with Crippen LogP contribution in [0.4, 0.5) is 0 Å². The molecule has 0 saturated heterocycles. The first-order chi connectivity index (χ1) is 25.0. The van der Waals surface area contributed by atoms with Crippen LogP contribution in [0.2, 0.25) is 0 Å². The van der Waals surface area contributed by atoms with Gasteiger partial charge in [-0.25, -0.2) is 9.59 Å². The van der Waals surface area contributed by atoms with Gasteiger partial charge >= 0.3 is 17.9 Å². The molecule has 0 aliphatic carbocycles. The lowest BCUT2D eigenvalue weighted by Crippen LogP contribution is -2.28. The average Bonchev–Trinajstić information content (AvgIpc) is 3.14. The molecule has 0 N–H and O–H groups in total. The quantitative estimate of drug-likeness (QED) is 0.0883. The molecule has 0 aliphatic rings. The van der Waals surface area contributed by atoms with Crippen molar-refractivity contribution in [3.8, 4) is 23.0 Å². The van der Waals surface area contributed by atoms with Crippen LogP contribution < -0.4 is 14.2 Å². The first kappa shape index (κ1) is 40.7. The molecule has 0 heterocycles. The van der Waals surface area contributed by atoms with E-state index in [9.17, 15) is 14.4 Å². The fourth-order valence-electron chi connectivity index (χ4n) is 6.22. The van der Waals surface area contributed by atoms with Gasteiger partial charge in [-0.3, -0.25) is 4.79 Å². The number of benzene rings is 4. The summed E-state index contributed by atoms with van der Waals surface area (Å²) in [7, 11) is 2.86. The Hall–Kier alpha value is -5.11.